The molecule has 0 saturated carbocycles. The maximum absolute atomic E-state index is 12.7. The second-order valence-electron chi connectivity index (χ2n) is 6.35. The number of rotatable bonds is 5. The van der Waals surface area contributed by atoms with Gasteiger partial charge in [0.1, 0.15) is 0 Å². The van der Waals surface area contributed by atoms with Crippen molar-refractivity contribution < 1.29 is 18.3 Å². The number of hydrogen-bond acceptors (Lipinski definition) is 5. The Morgan fingerprint density at radius 1 is 1.36 bits per heavy atom. The molecular formula is C16H21ClN3O4S-. The summed E-state index contributed by atoms with van der Waals surface area (Å²) in [6.45, 7) is 5.72. The molecule has 7 nitrogen and oxygen atoms in total. The summed E-state index contributed by atoms with van der Waals surface area (Å²) in [4.78, 5) is 16.8. The van der Waals surface area contributed by atoms with E-state index in [-0.39, 0.29) is 10.9 Å². The summed E-state index contributed by atoms with van der Waals surface area (Å²) in [5.41, 5.74) is 0.722. The standard InChI is InChI=1S/C16H22ClN3O4S/c17-15-9-13(18-25(22)23)1-2-14(15)16(21)20-6-4-19(5-7-20)10-12-3-8-24-11-12/h1-2,9,12,18H,3-8,10-11H2,(H,22,23)/p-1. The summed E-state index contributed by atoms with van der Waals surface area (Å²) in [5.74, 6) is 0.479. The van der Waals surface area contributed by atoms with Crippen LogP contribution in [0.25, 0.3) is 0 Å². The number of benzene rings is 1. The number of hydrogen-bond donors (Lipinski definition) is 1. The van der Waals surface area contributed by atoms with Crippen LogP contribution in [0.4, 0.5) is 5.69 Å². The van der Waals surface area contributed by atoms with Crippen molar-refractivity contribution >= 4 is 34.5 Å². The third-order valence-corrected chi connectivity index (χ3v) is 5.32. The highest BCUT2D eigenvalue weighted by Crippen LogP contribution is 2.23. The zero-order chi connectivity index (χ0) is 17.8. The number of carbonyl (C=O) groups excluding carboxylic acids is 1. The highest BCUT2D eigenvalue weighted by atomic mass is 35.5. The molecule has 1 N–H and O–H groups in total. The molecule has 1 aromatic rings. The molecule has 2 aliphatic rings. The monoisotopic (exact) mass is 386 g/mol. The molecule has 2 heterocycles. The summed E-state index contributed by atoms with van der Waals surface area (Å²) in [5, 5.41) is 0.242. The van der Waals surface area contributed by atoms with Gasteiger partial charge in [-0.05, 0) is 30.5 Å². The zero-order valence-corrected chi connectivity index (χ0v) is 15.4. The number of nitrogens with one attached hydrogen (secondary N) is 1. The van der Waals surface area contributed by atoms with Gasteiger partial charge in [-0.25, -0.2) is 0 Å². The molecule has 9 heteroatoms. The number of anilines is 1. The minimum absolute atomic E-state index is 0.122. The van der Waals surface area contributed by atoms with Crippen molar-refractivity contribution in [2.45, 2.75) is 6.42 Å². The van der Waals surface area contributed by atoms with Crippen LogP contribution in [0.15, 0.2) is 18.2 Å². The van der Waals surface area contributed by atoms with Crippen molar-refractivity contribution in [2.24, 2.45) is 5.92 Å². The second-order valence-corrected chi connectivity index (χ2v) is 7.43. The maximum atomic E-state index is 12.7. The third kappa shape index (κ3) is 4.92. The Hall–Kier alpha value is -1.19. The molecule has 0 aromatic heterocycles. The van der Waals surface area contributed by atoms with Gasteiger partial charge in [-0.3, -0.25) is 13.9 Å². The van der Waals surface area contributed by atoms with Gasteiger partial charge in [0.25, 0.3) is 5.91 Å². The molecule has 1 aromatic carbocycles. The fraction of sp³-hybridized carbons (Fsp3) is 0.562. The summed E-state index contributed by atoms with van der Waals surface area (Å²) >= 11 is 3.73. The van der Waals surface area contributed by atoms with E-state index in [1.54, 1.807) is 11.0 Å². The van der Waals surface area contributed by atoms with Crippen molar-refractivity contribution in [3.63, 3.8) is 0 Å². The molecule has 2 saturated heterocycles. The Morgan fingerprint density at radius 2 is 2.12 bits per heavy atom. The van der Waals surface area contributed by atoms with Crippen LogP contribution in [0.2, 0.25) is 5.02 Å². The van der Waals surface area contributed by atoms with Crippen LogP contribution < -0.4 is 4.72 Å². The summed E-state index contributed by atoms with van der Waals surface area (Å²) in [6.07, 6.45) is 1.11. The first-order valence-corrected chi connectivity index (χ1v) is 9.73. The lowest BCUT2D eigenvalue weighted by Crippen LogP contribution is -2.49. The largest absolute Gasteiger partial charge is 0.755 e. The lowest BCUT2D eigenvalue weighted by atomic mass is 10.1. The van der Waals surface area contributed by atoms with Gasteiger partial charge < -0.3 is 18.9 Å². The molecule has 1 amide bonds. The Balaban J connectivity index is 1.56. The van der Waals surface area contributed by atoms with Crippen molar-refractivity contribution in [1.29, 1.82) is 0 Å². The van der Waals surface area contributed by atoms with Crippen LogP contribution in [0.1, 0.15) is 16.8 Å². The quantitative estimate of drug-likeness (QED) is 0.772. The molecule has 0 radical (unpaired) electrons. The number of piperazine rings is 1. The van der Waals surface area contributed by atoms with Gasteiger partial charge >= 0.3 is 0 Å². The number of carbonyl (C=O) groups is 1. The molecule has 3 rings (SSSR count). The molecule has 0 bridgehead atoms. The van der Waals surface area contributed by atoms with E-state index in [1.165, 1.54) is 12.1 Å². The van der Waals surface area contributed by atoms with E-state index in [4.69, 9.17) is 16.3 Å². The number of amides is 1. The smallest absolute Gasteiger partial charge is 0.255 e. The lowest BCUT2D eigenvalue weighted by Gasteiger charge is -2.36. The van der Waals surface area contributed by atoms with Crippen LogP contribution in [0.5, 0.6) is 0 Å². The maximum Gasteiger partial charge on any atom is 0.255 e. The normalized spacial score (nSPS) is 22.8. The highest BCUT2D eigenvalue weighted by Gasteiger charge is 2.26. The summed E-state index contributed by atoms with van der Waals surface area (Å²) in [7, 11) is 0. The fourth-order valence-electron chi connectivity index (χ4n) is 3.24. The Morgan fingerprint density at radius 3 is 2.72 bits per heavy atom. The number of ether oxygens (including phenoxy) is 1. The van der Waals surface area contributed by atoms with Gasteiger partial charge in [0.05, 0.1) is 17.2 Å². The topological polar surface area (TPSA) is 84.9 Å². The van der Waals surface area contributed by atoms with Crippen LogP contribution in [0, 0.1) is 5.92 Å². The van der Waals surface area contributed by atoms with Crippen LogP contribution in [-0.2, 0) is 16.0 Å². The predicted octanol–water partition coefficient (Wildman–Crippen LogP) is 1.34. The van der Waals surface area contributed by atoms with Gasteiger partial charge in [0.2, 0.25) is 0 Å². The van der Waals surface area contributed by atoms with Crippen molar-refractivity contribution in [2.75, 3.05) is 50.7 Å². The molecule has 2 unspecified atom stereocenters. The SMILES string of the molecule is O=C(c1ccc(NS(=O)[O-])cc1Cl)N1CCN(CC2CCOC2)CC1. The molecule has 25 heavy (non-hydrogen) atoms. The van der Waals surface area contributed by atoms with E-state index in [0.717, 1.165) is 39.3 Å². The van der Waals surface area contributed by atoms with E-state index in [2.05, 4.69) is 9.62 Å². The highest BCUT2D eigenvalue weighted by molar-refractivity contribution is 7.80. The fourth-order valence-corrected chi connectivity index (χ4v) is 3.83. The molecule has 138 valence electrons. The van der Waals surface area contributed by atoms with E-state index in [1.807, 2.05) is 0 Å². The summed E-state index contributed by atoms with van der Waals surface area (Å²) < 4.78 is 29.0. The first kappa shape index (κ1) is 18.6. The zero-order valence-electron chi connectivity index (χ0n) is 13.8. The van der Waals surface area contributed by atoms with E-state index in [9.17, 15) is 13.6 Å². The summed E-state index contributed by atoms with van der Waals surface area (Å²) in [6, 6.07) is 4.54. The number of halogens is 1. The minimum Gasteiger partial charge on any atom is -0.755 e. The van der Waals surface area contributed by atoms with Crippen LogP contribution in [0.3, 0.4) is 0 Å². The van der Waals surface area contributed by atoms with Gasteiger partial charge in [-0.15, -0.1) is 0 Å². The van der Waals surface area contributed by atoms with Crippen molar-refractivity contribution in [1.82, 2.24) is 9.80 Å². The first-order chi connectivity index (χ1) is 12.0. The minimum atomic E-state index is -2.42. The average molecular weight is 387 g/mol. The van der Waals surface area contributed by atoms with Gasteiger partial charge in [0.15, 0.2) is 0 Å². The molecule has 2 atom stereocenters. The van der Waals surface area contributed by atoms with Gasteiger partial charge in [0, 0.05) is 56.3 Å². The van der Waals surface area contributed by atoms with Crippen LogP contribution in [-0.4, -0.2) is 70.4 Å². The molecular weight excluding hydrogens is 366 g/mol. The van der Waals surface area contributed by atoms with E-state index < -0.39 is 11.3 Å². The Kier molecular flexibility index (Phi) is 6.29. The predicted molar refractivity (Wildman–Crippen MR) is 95.3 cm³/mol. The molecule has 2 fully saturated rings. The average Bonchev–Trinajstić information content (AvgIpc) is 3.07. The molecule has 2 aliphatic heterocycles. The third-order valence-electron chi connectivity index (χ3n) is 4.60. The van der Waals surface area contributed by atoms with Gasteiger partial charge in [-0.2, -0.15) is 0 Å². The van der Waals surface area contributed by atoms with Crippen LogP contribution >= 0.6 is 11.6 Å². The second kappa shape index (κ2) is 8.46. The van der Waals surface area contributed by atoms with E-state index in [0.29, 0.717) is 30.3 Å². The molecule has 0 aliphatic carbocycles. The number of nitrogens with zero attached hydrogens (tertiary/aromatic N) is 2. The first-order valence-electron chi connectivity index (χ1n) is 8.28. The van der Waals surface area contributed by atoms with E-state index >= 15 is 0 Å². The lowest BCUT2D eigenvalue weighted by molar-refractivity contribution is 0.0611. The Labute approximate surface area is 154 Å². The van der Waals surface area contributed by atoms with Gasteiger partial charge in [-0.1, -0.05) is 11.6 Å². The Bertz CT molecular complexity index is 646. The van der Waals surface area contributed by atoms with Crippen molar-refractivity contribution in [3.05, 3.63) is 28.8 Å². The van der Waals surface area contributed by atoms with Crippen molar-refractivity contribution in [3.8, 4) is 0 Å². The molecule has 0 spiro atoms.